The van der Waals surface area contributed by atoms with Crippen LogP contribution < -0.4 is 20.5 Å². The number of nitrogens with one attached hydrogen (secondary N) is 2. The maximum Gasteiger partial charge on any atom is 0.277 e. The Morgan fingerprint density at radius 2 is 2.11 bits per heavy atom. The highest BCUT2D eigenvalue weighted by Gasteiger charge is 2.26. The van der Waals surface area contributed by atoms with Crippen molar-refractivity contribution in [3.8, 4) is 5.75 Å². The lowest BCUT2D eigenvalue weighted by Crippen LogP contribution is -2.24. The van der Waals surface area contributed by atoms with Crippen molar-refractivity contribution >= 4 is 45.6 Å². The molecule has 1 aromatic carbocycles. The second-order valence-corrected chi connectivity index (χ2v) is 6.71. The number of fused-ring (bicyclic) bond motifs is 1. The molecule has 1 fully saturated rings. The summed E-state index contributed by atoms with van der Waals surface area (Å²) in [6.45, 7) is 0.655. The summed E-state index contributed by atoms with van der Waals surface area (Å²) >= 11 is 6.11. The average Bonchev–Trinajstić information content (AvgIpc) is 3.18. The number of amides is 1. The third kappa shape index (κ3) is 2.91. The number of aromatic nitrogens is 3. The van der Waals surface area contributed by atoms with Gasteiger partial charge in [0.1, 0.15) is 10.5 Å². The summed E-state index contributed by atoms with van der Waals surface area (Å²) in [6, 6.07) is 7.09. The number of pyridine rings is 1. The Labute approximate surface area is 159 Å². The fourth-order valence-electron chi connectivity index (χ4n) is 3.39. The van der Waals surface area contributed by atoms with Crippen LogP contribution in [0.2, 0.25) is 5.15 Å². The Kier molecular flexibility index (Phi) is 4.27. The highest BCUT2D eigenvalue weighted by atomic mass is 35.5. The molecule has 4 rings (SSSR count). The molecule has 1 aliphatic rings. The number of anilines is 3. The summed E-state index contributed by atoms with van der Waals surface area (Å²) in [4.78, 5) is 30.5. The van der Waals surface area contributed by atoms with Crippen LogP contribution in [0.5, 0.6) is 5.75 Å². The molecule has 140 valence electrons. The fraction of sp³-hybridized carbons (Fsp3) is 0.278. The van der Waals surface area contributed by atoms with Gasteiger partial charge >= 0.3 is 0 Å². The first-order chi connectivity index (χ1) is 13.0. The molecule has 0 spiro atoms. The van der Waals surface area contributed by atoms with E-state index < -0.39 is 0 Å². The van der Waals surface area contributed by atoms with Crippen LogP contribution in [0, 0.1) is 0 Å². The lowest BCUT2D eigenvalue weighted by atomic mass is 10.2. The number of carbonyl (C=O) groups is 1. The van der Waals surface area contributed by atoms with E-state index in [-0.39, 0.29) is 16.6 Å². The number of aryl methyl sites for hydroxylation is 1. The van der Waals surface area contributed by atoms with E-state index in [1.807, 2.05) is 18.2 Å². The molecule has 1 amide bonds. The molecule has 0 saturated carbocycles. The van der Waals surface area contributed by atoms with Crippen molar-refractivity contribution in [2.24, 2.45) is 7.05 Å². The summed E-state index contributed by atoms with van der Waals surface area (Å²) in [5.74, 6) is 0.598. The number of hydrogen-bond acceptors (Lipinski definition) is 5. The van der Waals surface area contributed by atoms with Crippen molar-refractivity contribution in [1.82, 2.24) is 14.8 Å². The number of nitrogens with zero attached hydrogens (tertiary/aromatic N) is 3. The van der Waals surface area contributed by atoms with Gasteiger partial charge in [-0.1, -0.05) is 17.7 Å². The molecule has 0 unspecified atom stereocenters. The van der Waals surface area contributed by atoms with Crippen molar-refractivity contribution < 1.29 is 9.53 Å². The maximum absolute atomic E-state index is 12.4. The average molecular weight is 388 g/mol. The molecule has 0 bridgehead atoms. The highest BCUT2D eigenvalue weighted by molar-refractivity contribution is 6.30. The Morgan fingerprint density at radius 1 is 1.30 bits per heavy atom. The van der Waals surface area contributed by atoms with Gasteiger partial charge in [0.25, 0.3) is 5.56 Å². The van der Waals surface area contributed by atoms with E-state index in [2.05, 4.69) is 15.4 Å². The molecule has 3 heterocycles. The Bertz CT molecular complexity index is 1100. The van der Waals surface area contributed by atoms with Gasteiger partial charge in [-0.3, -0.25) is 19.4 Å². The van der Waals surface area contributed by atoms with Gasteiger partial charge in [-0.25, -0.2) is 4.98 Å². The minimum Gasteiger partial charge on any atom is -0.492 e. The Balaban J connectivity index is 1.83. The van der Waals surface area contributed by atoms with E-state index >= 15 is 0 Å². The van der Waals surface area contributed by atoms with E-state index in [1.165, 1.54) is 4.68 Å². The predicted octanol–water partition coefficient (Wildman–Crippen LogP) is 2.79. The number of benzene rings is 1. The van der Waals surface area contributed by atoms with Gasteiger partial charge in [0.15, 0.2) is 11.4 Å². The van der Waals surface area contributed by atoms with Crippen LogP contribution in [0.25, 0.3) is 11.0 Å². The topological polar surface area (TPSA) is 92.2 Å². The van der Waals surface area contributed by atoms with Gasteiger partial charge in [-0.15, -0.1) is 0 Å². The molecule has 2 N–H and O–H groups in total. The van der Waals surface area contributed by atoms with Crippen molar-refractivity contribution in [3.05, 3.63) is 39.8 Å². The van der Waals surface area contributed by atoms with Gasteiger partial charge in [-0.05, 0) is 24.6 Å². The normalized spacial score (nSPS) is 14.2. The number of ether oxygens (including phenoxy) is 1. The lowest BCUT2D eigenvalue weighted by Gasteiger charge is -2.21. The quantitative estimate of drug-likeness (QED) is 0.671. The predicted molar refractivity (Wildman–Crippen MR) is 104 cm³/mol. The van der Waals surface area contributed by atoms with Crippen LogP contribution in [0.3, 0.4) is 0 Å². The molecule has 8 nitrogen and oxygen atoms in total. The molecular weight excluding hydrogens is 370 g/mol. The molecule has 2 aromatic heterocycles. The van der Waals surface area contributed by atoms with Gasteiger partial charge in [0.05, 0.1) is 24.2 Å². The number of hydrogen-bond donors (Lipinski definition) is 2. The summed E-state index contributed by atoms with van der Waals surface area (Å²) < 4.78 is 6.93. The second-order valence-electron chi connectivity index (χ2n) is 6.32. The third-order valence-electron chi connectivity index (χ3n) is 4.61. The molecule has 27 heavy (non-hydrogen) atoms. The smallest absolute Gasteiger partial charge is 0.277 e. The van der Waals surface area contributed by atoms with Gasteiger partial charge in [0.2, 0.25) is 5.91 Å². The molecule has 0 aliphatic carbocycles. The van der Waals surface area contributed by atoms with Crippen LogP contribution in [-0.4, -0.2) is 34.3 Å². The van der Waals surface area contributed by atoms with Crippen molar-refractivity contribution in [2.45, 2.75) is 12.8 Å². The molecule has 1 aliphatic heterocycles. The van der Waals surface area contributed by atoms with Crippen molar-refractivity contribution in [2.75, 3.05) is 23.9 Å². The van der Waals surface area contributed by atoms with E-state index in [9.17, 15) is 9.59 Å². The summed E-state index contributed by atoms with van der Waals surface area (Å²) in [5, 5.41) is 6.73. The minimum atomic E-state index is -0.221. The third-order valence-corrected chi connectivity index (χ3v) is 4.81. The van der Waals surface area contributed by atoms with E-state index in [0.717, 1.165) is 6.42 Å². The molecule has 3 aromatic rings. The number of rotatable bonds is 4. The zero-order valence-electron chi connectivity index (χ0n) is 14.9. The number of aromatic amines is 1. The first-order valence-corrected chi connectivity index (χ1v) is 8.87. The number of carbonyl (C=O) groups excluding carboxylic acids is 1. The Hall–Kier alpha value is -3.00. The number of H-pyrrole nitrogens is 1. The van der Waals surface area contributed by atoms with Crippen LogP contribution >= 0.6 is 11.6 Å². The van der Waals surface area contributed by atoms with Gasteiger partial charge in [-0.2, -0.15) is 0 Å². The number of para-hydroxylation sites is 1. The number of methoxy groups -OCH3 is 1. The second kappa shape index (κ2) is 6.62. The first-order valence-electron chi connectivity index (χ1n) is 8.49. The lowest BCUT2D eigenvalue weighted by molar-refractivity contribution is -0.117. The van der Waals surface area contributed by atoms with E-state index in [4.69, 9.17) is 16.3 Å². The highest BCUT2D eigenvalue weighted by Crippen LogP contribution is 2.39. The summed E-state index contributed by atoms with van der Waals surface area (Å²) in [6.07, 6.45) is 1.35. The van der Waals surface area contributed by atoms with Gasteiger partial charge in [0, 0.05) is 20.0 Å². The maximum atomic E-state index is 12.4. The number of halogens is 1. The molecular formula is C18H18ClN5O3. The van der Waals surface area contributed by atoms with Crippen LogP contribution in [-0.2, 0) is 11.8 Å². The van der Waals surface area contributed by atoms with E-state index in [0.29, 0.717) is 46.8 Å². The SMILES string of the molecule is COc1c(Nc2cc(Cl)nc3[nH]n(C)c(=O)c23)cccc1N1CCCC1=O. The summed E-state index contributed by atoms with van der Waals surface area (Å²) in [7, 11) is 3.16. The minimum absolute atomic E-state index is 0.0688. The first kappa shape index (κ1) is 17.4. The largest absolute Gasteiger partial charge is 0.492 e. The standard InChI is InChI=1S/C18H18ClN5O3/c1-23-18(26)15-11(9-13(19)21-17(15)22-23)20-10-5-3-6-12(16(10)27-2)24-8-4-7-14(24)25/h3,5-6,9H,4,7-8H2,1-2H3,(H2,20,21,22). The zero-order chi connectivity index (χ0) is 19.1. The fourth-order valence-corrected chi connectivity index (χ4v) is 3.58. The van der Waals surface area contributed by atoms with Crippen LogP contribution in [0.1, 0.15) is 12.8 Å². The molecule has 0 radical (unpaired) electrons. The van der Waals surface area contributed by atoms with Crippen LogP contribution in [0.4, 0.5) is 17.1 Å². The van der Waals surface area contributed by atoms with Crippen molar-refractivity contribution in [3.63, 3.8) is 0 Å². The summed E-state index contributed by atoms with van der Waals surface area (Å²) in [5.41, 5.74) is 2.00. The van der Waals surface area contributed by atoms with Crippen molar-refractivity contribution in [1.29, 1.82) is 0 Å². The van der Waals surface area contributed by atoms with E-state index in [1.54, 1.807) is 25.1 Å². The Morgan fingerprint density at radius 3 is 2.81 bits per heavy atom. The molecule has 9 heteroatoms. The monoisotopic (exact) mass is 387 g/mol. The van der Waals surface area contributed by atoms with Crippen LogP contribution in [0.15, 0.2) is 29.1 Å². The molecule has 0 atom stereocenters. The zero-order valence-corrected chi connectivity index (χ0v) is 15.6. The molecule has 1 saturated heterocycles. The van der Waals surface area contributed by atoms with Gasteiger partial charge < -0.3 is 15.0 Å².